The van der Waals surface area contributed by atoms with E-state index in [2.05, 4.69) is 13.8 Å². The smallest absolute Gasteiger partial charge is 0.278 e. The molecule has 166 valence electrons. The summed E-state index contributed by atoms with van der Waals surface area (Å²) in [6, 6.07) is 13.6. The molecule has 32 heavy (non-hydrogen) atoms. The van der Waals surface area contributed by atoms with Crippen LogP contribution in [0.2, 0.25) is 0 Å². The van der Waals surface area contributed by atoms with E-state index < -0.39 is 4.92 Å². The van der Waals surface area contributed by atoms with E-state index in [4.69, 9.17) is 0 Å². The average Bonchev–Trinajstić information content (AvgIpc) is 2.99. The Hall–Kier alpha value is -3.48. The molecule has 2 unspecified atom stereocenters. The number of hydrogen-bond donors (Lipinski definition) is 0. The highest BCUT2D eigenvalue weighted by molar-refractivity contribution is 6.35. The summed E-state index contributed by atoms with van der Waals surface area (Å²) in [6.07, 6.45) is 1.08. The van der Waals surface area contributed by atoms with E-state index in [0.29, 0.717) is 41.8 Å². The number of likely N-dealkylation sites (tertiary alicyclic amines) is 1. The second-order valence-corrected chi connectivity index (χ2v) is 9.06. The summed E-state index contributed by atoms with van der Waals surface area (Å²) >= 11 is 0. The lowest BCUT2D eigenvalue weighted by atomic mass is 9.91. The van der Waals surface area contributed by atoms with Crippen molar-refractivity contribution in [1.82, 2.24) is 9.80 Å². The van der Waals surface area contributed by atoms with Crippen molar-refractivity contribution in [3.8, 4) is 0 Å². The molecular formula is C25H27N3O4. The van der Waals surface area contributed by atoms with Crippen LogP contribution in [0.4, 0.5) is 5.69 Å². The predicted octanol–water partition coefficient (Wildman–Crippen LogP) is 4.16. The molecule has 0 spiro atoms. The molecule has 1 saturated heterocycles. The quantitative estimate of drug-likeness (QED) is 0.402. The minimum atomic E-state index is -0.474. The number of amides is 2. The number of imide groups is 1. The molecule has 0 aromatic heterocycles. The summed E-state index contributed by atoms with van der Waals surface area (Å²) in [4.78, 5) is 41.0. The van der Waals surface area contributed by atoms with Crippen LogP contribution in [0.1, 0.15) is 37.0 Å². The maximum absolute atomic E-state index is 13.6. The first-order valence-corrected chi connectivity index (χ1v) is 10.9. The average molecular weight is 434 g/mol. The van der Waals surface area contributed by atoms with Crippen LogP contribution in [0.5, 0.6) is 0 Å². The fraction of sp³-hybridized carbons (Fsp3) is 0.360. The first-order chi connectivity index (χ1) is 15.2. The van der Waals surface area contributed by atoms with Gasteiger partial charge >= 0.3 is 0 Å². The van der Waals surface area contributed by atoms with E-state index in [9.17, 15) is 19.7 Å². The molecule has 7 nitrogen and oxygen atoms in total. The number of benzene rings is 2. The SMILES string of the molecule is Cc1ccc(CN2C(=O)C(c3ccc([N+](=O)[O-])cc3)=C(N3CC(C)CC(C)C3)C2=O)cc1. The number of carbonyl (C=O) groups excluding carboxylic acids is 2. The molecule has 7 heteroatoms. The number of nitro benzene ring substituents is 1. The summed E-state index contributed by atoms with van der Waals surface area (Å²) in [5.41, 5.74) is 3.20. The molecule has 2 atom stereocenters. The number of piperidine rings is 1. The normalized spacial score (nSPS) is 21.5. The van der Waals surface area contributed by atoms with Crippen LogP contribution < -0.4 is 0 Å². The Kier molecular flexibility index (Phi) is 5.82. The van der Waals surface area contributed by atoms with Crippen molar-refractivity contribution in [2.75, 3.05) is 13.1 Å². The van der Waals surface area contributed by atoms with Gasteiger partial charge < -0.3 is 4.90 Å². The highest BCUT2D eigenvalue weighted by Gasteiger charge is 2.42. The molecule has 0 aliphatic carbocycles. The highest BCUT2D eigenvalue weighted by atomic mass is 16.6. The van der Waals surface area contributed by atoms with Gasteiger partial charge in [0.15, 0.2) is 0 Å². The number of rotatable bonds is 5. The Morgan fingerprint density at radius 1 is 0.938 bits per heavy atom. The third-order valence-corrected chi connectivity index (χ3v) is 6.16. The summed E-state index contributed by atoms with van der Waals surface area (Å²) in [6.45, 7) is 7.89. The standard InChI is InChI=1S/C25H27N3O4/c1-16-4-6-19(7-5-16)15-27-24(29)22(20-8-10-21(11-9-20)28(31)32)23(25(27)30)26-13-17(2)12-18(3)14-26/h4-11,17-18H,12-15H2,1-3H3. The Labute approximate surface area is 187 Å². The number of aryl methyl sites for hydroxylation is 1. The first-order valence-electron chi connectivity index (χ1n) is 10.9. The lowest BCUT2D eigenvalue weighted by Crippen LogP contribution is -2.41. The van der Waals surface area contributed by atoms with Gasteiger partial charge in [-0.05, 0) is 48.4 Å². The molecule has 0 bridgehead atoms. The summed E-state index contributed by atoms with van der Waals surface area (Å²) < 4.78 is 0. The van der Waals surface area contributed by atoms with Gasteiger partial charge in [-0.3, -0.25) is 24.6 Å². The number of carbonyl (C=O) groups is 2. The highest BCUT2D eigenvalue weighted by Crippen LogP contribution is 2.36. The predicted molar refractivity (Wildman–Crippen MR) is 121 cm³/mol. The van der Waals surface area contributed by atoms with Crippen LogP contribution in [0, 0.1) is 28.9 Å². The molecule has 0 radical (unpaired) electrons. The van der Waals surface area contributed by atoms with Gasteiger partial charge in [0.2, 0.25) is 0 Å². The second kappa shape index (κ2) is 8.57. The maximum Gasteiger partial charge on any atom is 0.278 e. The zero-order valence-electron chi connectivity index (χ0n) is 18.6. The third-order valence-electron chi connectivity index (χ3n) is 6.16. The molecule has 2 aromatic rings. The van der Waals surface area contributed by atoms with E-state index >= 15 is 0 Å². The second-order valence-electron chi connectivity index (χ2n) is 9.06. The van der Waals surface area contributed by atoms with Crippen LogP contribution in [0.25, 0.3) is 5.57 Å². The van der Waals surface area contributed by atoms with Crippen molar-refractivity contribution >= 4 is 23.1 Å². The Balaban J connectivity index is 1.74. The fourth-order valence-electron chi connectivity index (χ4n) is 4.73. The van der Waals surface area contributed by atoms with Crippen LogP contribution in [-0.4, -0.2) is 39.6 Å². The summed E-state index contributed by atoms with van der Waals surface area (Å²) in [5, 5.41) is 11.1. The number of nitro groups is 1. The lowest BCUT2D eigenvalue weighted by Gasteiger charge is -2.37. The molecule has 2 aliphatic heterocycles. The molecule has 2 heterocycles. The van der Waals surface area contributed by atoms with E-state index in [1.807, 2.05) is 36.1 Å². The number of non-ortho nitro benzene ring substituents is 1. The van der Waals surface area contributed by atoms with Gasteiger partial charge in [-0.2, -0.15) is 0 Å². The van der Waals surface area contributed by atoms with E-state index in [0.717, 1.165) is 17.5 Å². The van der Waals surface area contributed by atoms with Crippen molar-refractivity contribution in [2.24, 2.45) is 11.8 Å². The van der Waals surface area contributed by atoms with Crippen LogP contribution >= 0.6 is 0 Å². The van der Waals surface area contributed by atoms with Crippen molar-refractivity contribution in [1.29, 1.82) is 0 Å². The van der Waals surface area contributed by atoms with Crippen molar-refractivity contribution < 1.29 is 14.5 Å². The third kappa shape index (κ3) is 4.15. The molecule has 0 N–H and O–H groups in total. The summed E-state index contributed by atoms with van der Waals surface area (Å²) in [7, 11) is 0. The molecule has 2 aromatic carbocycles. The van der Waals surface area contributed by atoms with Crippen LogP contribution in [0.3, 0.4) is 0 Å². The Morgan fingerprint density at radius 2 is 1.53 bits per heavy atom. The van der Waals surface area contributed by atoms with Crippen molar-refractivity contribution in [2.45, 2.75) is 33.7 Å². The van der Waals surface area contributed by atoms with Gasteiger partial charge in [0.1, 0.15) is 5.70 Å². The molecule has 1 fully saturated rings. The minimum Gasteiger partial charge on any atom is -0.366 e. The molecule has 4 rings (SSSR count). The van der Waals surface area contributed by atoms with Crippen LogP contribution in [0.15, 0.2) is 54.2 Å². The van der Waals surface area contributed by atoms with E-state index in [-0.39, 0.29) is 24.0 Å². The number of nitrogens with zero attached hydrogens (tertiary/aromatic N) is 3. The van der Waals surface area contributed by atoms with Crippen LogP contribution in [-0.2, 0) is 16.1 Å². The molecule has 2 amide bonds. The fourth-order valence-corrected chi connectivity index (χ4v) is 4.73. The van der Waals surface area contributed by atoms with Gasteiger partial charge in [0, 0.05) is 25.2 Å². The van der Waals surface area contributed by atoms with Crippen molar-refractivity contribution in [3.05, 3.63) is 81.0 Å². The topological polar surface area (TPSA) is 83.8 Å². The summed E-state index contributed by atoms with van der Waals surface area (Å²) in [5.74, 6) is 0.146. The first kappa shape index (κ1) is 21.7. The van der Waals surface area contributed by atoms with Gasteiger partial charge in [-0.15, -0.1) is 0 Å². The Bertz CT molecular complexity index is 1080. The lowest BCUT2D eigenvalue weighted by molar-refractivity contribution is -0.384. The zero-order chi connectivity index (χ0) is 23.0. The monoisotopic (exact) mass is 433 g/mol. The van der Waals surface area contributed by atoms with Gasteiger partial charge in [0.25, 0.3) is 17.5 Å². The van der Waals surface area contributed by atoms with Gasteiger partial charge in [-0.25, -0.2) is 0 Å². The van der Waals surface area contributed by atoms with Gasteiger partial charge in [-0.1, -0.05) is 43.7 Å². The molecular weight excluding hydrogens is 406 g/mol. The van der Waals surface area contributed by atoms with E-state index in [1.54, 1.807) is 12.1 Å². The van der Waals surface area contributed by atoms with E-state index in [1.165, 1.54) is 17.0 Å². The molecule has 2 aliphatic rings. The Morgan fingerprint density at radius 3 is 2.09 bits per heavy atom. The zero-order valence-corrected chi connectivity index (χ0v) is 18.6. The molecule has 0 saturated carbocycles. The van der Waals surface area contributed by atoms with Gasteiger partial charge in [0.05, 0.1) is 17.0 Å². The van der Waals surface area contributed by atoms with Crippen molar-refractivity contribution in [3.63, 3.8) is 0 Å². The minimum absolute atomic E-state index is 0.0515. The number of hydrogen-bond acceptors (Lipinski definition) is 5. The maximum atomic E-state index is 13.6. The largest absolute Gasteiger partial charge is 0.366 e.